The van der Waals surface area contributed by atoms with Gasteiger partial charge in [-0.3, -0.25) is 4.79 Å². The highest BCUT2D eigenvalue weighted by Gasteiger charge is 2.40. The number of likely N-dealkylation sites (tertiary alicyclic amines) is 1. The second-order valence-electron chi connectivity index (χ2n) is 6.39. The summed E-state index contributed by atoms with van der Waals surface area (Å²) >= 11 is 0. The maximum atomic E-state index is 12.7. The molecule has 1 aliphatic heterocycles. The maximum absolute atomic E-state index is 12.7. The number of hydrogen-bond donors (Lipinski definition) is 1. The standard InChI is InChI=1S/C16H22N2O4S/c1-10-6-14(22-3)15(7-11(10)2)23(20,21)17-12-8-16(19)18(9-12)13-4-5-13/h6-7,12-13,17H,4-5,8-9H2,1-3H3. The van der Waals surface area contributed by atoms with E-state index in [4.69, 9.17) is 4.74 Å². The van der Waals surface area contributed by atoms with Crippen LogP contribution >= 0.6 is 0 Å². The number of sulfonamides is 1. The van der Waals surface area contributed by atoms with Crippen LogP contribution in [-0.2, 0) is 14.8 Å². The zero-order valence-corrected chi connectivity index (χ0v) is 14.4. The summed E-state index contributed by atoms with van der Waals surface area (Å²) < 4.78 is 33.3. The number of methoxy groups -OCH3 is 1. The normalized spacial score (nSPS) is 21.8. The second-order valence-corrected chi connectivity index (χ2v) is 8.07. The van der Waals surface area contributed by atoms with Gasteiger partial charge in [0.2, 0.25) is 15.9 Å². The van der Waals surface area contributed by atoms with Gasteiger partial charge in [0, 0.05) is 25.0 Å². The topological polar surface area (TPSA) is 75.7 Å². The summed E-state index contributed by atoms with van der Waals surface area (Å²) in [6.45, 7) is 4.22. The van der Waals surface area contributed by atoms with Crippen molar-refractivity contribution in [3.63, 3.8) is 0 Å². The van der Waals surface area contributed by atoms with Gasteiger partial charge in [0.05, 0.1) is 7.11 Å². The molecular formula is C16H22N2O4S. The molecule has 0 spiro atoms. The van der Waals surface area contributed by atoms with Gasteiger partial charge in [-0.2, -0.15) is 0 Å². The molecule has 23 heavy (non-hydrogen) atoms. The van der Waals surface area contributed by atoms with Crippen molar-refractivity contribution in [3.05, 3.63) is 23.3 Å². The van der Waals surface area contributed by atoms with Gasteiger partial charge < -0.3 is 9.64 Å². The SMILES string of the molecule is COc1cc(C)c(C)cc1S(=O)(=O)NC1CC(=O)N(C2CC2)C1. The largest absolute Gasteiger partial charge is 0.495 e. The molecule has 1 saturated heterocycles. The predicted molar refractivity (Wildman–Crippen MR) is 85.9 cm³/mol. The molecule has 1 saturated carbocycles. The first-order valence-electron chi connectivity index (χ1n) is 7.79. The van der Waals surface area contributed by atoms with Crippen LogP contribution in [-0.4, -0.2) is 45.0 Å². The van der Waals surface area contributed by atoms with E-state index in [0.29, 0.717) is 18.3 Å². The molecule has 2 aliphatic rings. The van der Waals surface area contributed by atoms with Gasteiger partial charge in [0.1, 0.15) is 10.6 Å². The number of carbonyl (C=O) groups is 1. The van der Waals surface area contributed by atoms with E-state index < -0.39 is 10.0 Å². The Morgan fingerprint density at radius 3 is 2.48 bits per heavy atom. The summed E-state index contributed by atoms with van der Waals surface area (Å²) in [7, 11) is -2.28. The summed E-state index contributed by atoms with van der Waals surface area (Å²) in [6, 6.07) is 3.28. The van der Waals surface area contributed by atoms with E-state index in [1.165, 1.54) is 7.11 Å². The van der Waals surface area contributed by atoms with E-state index in [-0.39, 0.29) is 23.3 Å². The Hall–Kier alpha value is -1.60. The average molecular weight is 338 g/mol. The number of nitrogens with zero attached hydrogens (tertiary/aromatic N) is 1. The molecular weight excluding hydrogens is 316 g/mol. The van der Waals surface area contributed by atoms with Crippen molar-refractivity contribution in [2.75, 3.05) is 13.7 Å². The number of carbonyl (C=O) groups excluding carboxylic acids is 1. The average Bonchev–Trinajstić information content (AvgIpc) is 3.25. The Bertz CT molecular complexity index is 741. The van der Waals surface area contributed by atoms with Crippen LogP contribution < -0.4 is 9.46 Å². The molecule has 1 atom stereocenters. The van der Waals surface area contributed by atoms with E-state index in [2.05, 4.69) is 4.72 Å². The lowest BCUT2D eigenvalue weighted by Gasteiger charge is -2.17. The third-order valence-electron chi connectivity index (χ3n) is 4.54. The first-order valence-corrected chi connectivity index (χ1v) is 9.27. The summed E-state index contributed by atoms with van der Waals surface area (Å²) in [5.41, 5.74) is 1.85. The van der Waals surface area contributed by atoms with Crippen LogP contribution in [0.5, 0.6) is 5.75 Å². The third-order valence-corrected chi connectivity index (χ3v) is 6.08. The summed E-state index contributed by atoms with van der Waals surface area (Å²) in [5.74, 6) is 0.358. The minimum absolute atomic E-state index is 0.0345. The molecule has 1 aromatic carbocycles. The molecule has 0 aromatic heterocycles. The first kappa shape index (κ1) is 16.3. The molecule has 1 aromatic rings. The van der Waals surface area contributed by atoms with Crippen molar-refractivity contribution in [3.8, 4) is 5.75 Å². The quantitative estimate of drug-likeness (QED) is 0.879. The van der Waals surface area contributed by atoms with Crippen LogP contribution in [0.4, 0.5) is 0 Å². The van der Waals surface area contributed by atoms with Crippen molar-refractivity contribution in [2.45, 2.75) is 50.1 Å². The highest BCUT2D eigenvalue weighted by molar-refractivity contribution is 7.89. The van der Waals surface area contributed by atoms with E-state index in [9.17, 15) is 13.2 Å². The zero-order chi connectivity index (χ0) is 16.8. The number of hydrogen-bond acceptors (Lipinski definition) is 4. The Morgan fingerprint density at radius 2 is 1.87 bits per heavy atom. The van der Waals surface area contributed by atoms with Gasteiger partial charge in [-0.25, -0.2) is 13.1 Å². The third kappa shape index (κ3) is 3.21. The van der Waals surface area contributed by atoms with Crippen molar-refractivity contribution in [1.29, 1.82) is 0 Å². The van der Waals surface area contributed by atoms with Gasteiger partial charge in [-0.05, 0) is 49.9 Å². The minimum Gasteiger partial charge on any atom is -0.495 e. The summed E-state index contributed by atoms with van der Waals surface area (Å²) in [4.78, 5) is 13.9. The zero-order valence-electron chi connectivity index (χ0n) is 13.6. The van der Waals surface area contributed by atoms with Crippen LogP contribution in [0, 0.1) is 13.8 Å². The summed E-state index contributed by atoms with van der Waals surface area (Å²) in [6.07, 6.45) is 2.27. The smallest absolute Gasteiger partial charge is 0.244 e. The minimum atomic E-state index is -3.73. The van der Waals surface area contributed by atoms with Crippen molar-refractivity contribution in [1.82, 2.24) is 9.62 Å². The van der Waals surface area contributed by atoms with Crippen molar-refractivity contribution in [2.24, 2.45) is 0 Å². The van der Waals surface area contributed by atoms with Gasteiger partial charge in [0.15, 0.2) is 0 Å². The van der Waals surface area contributed by atoms with E-state index in [0.717, 1.165) is 24.0 Å². The molecule has 126 valence electrons. The van der Waals surface area contributed by atoms with E-state index in [1.54, 1.807) is 17.0 Å². The molecule has 1 unspecified atom stereocenters. The van der Waals surface area contributed by atoms with Gasteiger partial charge >= 0.3 is 0 Å². The number of nitrogens with one attached hydrogen (secondary N) is 1. The molecule has 1 amide bonds. The van der Waals surface area contributed by atoms with Crippen molar-refractivity contribution < 1.29 is 17.9 Å². The Kier molecular flexibility index (Phi) is 4.10. The lowest BCUT2D eigenvalue weighted by molar-refractivity contribution is -0.128. The number of amides is 1. The lowest BCUT2D eigenvalue weighted by Crippen LogP contribution is -2.37. The van der Waals surface area contributed by atoms with E-state index >= 15 is 0 Å². The molecule has 2 fully saturated rings. The highest BCUT2D eigenvalue weighted by Crippen LogP contribution is 2.32. The molecule has 6 nitrogen and oxygen atoms in total. The Labute approximate surface area is 136 Å². The molecule has 7 heteroatoms. The predicted octanol–water partition coefficient (Wildman–Crippen LogP) is 1.35. The van der Waals surface area contributed by atoms with Crippen LogP contribution in [0.25, 0.3) is 0 Å². The lowest BCUT2D eigenvalue weighted by atomic mass is 10.1. The molecule has 1 aliphatic carbocycles. The fourth-order valence-electron chi connectivity index (χ4n) is 2.97. The van der Waals surface area contributed by atoms with Gasteiger partial charge in [0.25, 0.3) is 0 Å². The molecule has 3 rings (SSSR count). The molecule has 0 radical (unpaired) electrons. The second kappa shape index (κ2) is 5.79. The van der Waals surface area contributed by atoms with E-state index in [1.807, 2.05) is 13.8 Å². The fourth-order valence-corrected chi connectivity index (χ4v) is 4.43. The van der Waals surface area contributed by atoms with Crippen LogP contribution in [0.15, 0.2) is 17.0 Å². The highest BCUT2D eigenvalue weighted by atomic mass is 32.2. The Morgan fingerprint density at radius 1 is 1.22 bits per heavy atom. The van der Waals surface area contributed by atoms with Gasteiger partial charge in [-0.1, -0.05) is 0 Å². The monoisotopic (exact) mass is 338 g/mol. The van der Waals surface area contributed by atoms with Crippen LogP contribution in [0.3, 0.4) is 0 Å². The summed E-state index contributed by atoms with van der Waals surface area (Å²) in [5, 5.41) is 0. The molecule has 1 N–H and O–H groups in total. The van der Waals surface area contributed by atoms with Crippen molar-refractivity contribution >= 4 is 15.9 Å². The number of benzene rings is 1. The molecule has 0 bridgehead atoms. The fraction of sp³-hybridized carbons (Fsp3) is 0.562. The molecule has 1 heterocycles. The number of aryl methyl sites for hydroxylation is 2. The van der Waals surface area contributed by atoms with Gasteiger partial charge in [-0.15, -0.1) is 0 Å². The Balaban J connectivity index is 1.82. The maximum Gasteiger partial charge on any atom is 0.244 e. The first-order chi connectivity index (χ1) is 10.8. The van der Waals surface area contributed by atoms with Crippen LogP contribution in [0.1, 0.15) is 30.4 Å². The number of ether oxygens (including phenoxy) is 1. The number of rotatable bonds is 5. The van der Waals surface area contributed by atoms with Crippen LogP contribution in [0.2, 0.25) is 0 Å².